The highest BCUT2D eigenvalue weighted by Gasteiger charge is 2.14. The Labute approximate surface area is 133 Å². The quantitative estimate of drug-likeness (QED) is 0.886. The van der Waals surface area contributed by atoms with Crippen molar-refractivity contribution < 1.29 is 9.90 Å². The van der Waals surface area contributed by atoms with Crippen LogP contribution in [0.15, 0.2) is 48.5 Å². The van der Waals surface area contributed by atoms with Crippen molar-refractivity contribution in [3.63, 3.8) is 0 Å². The third-order valence-electron chi connectivity index (χ3n) is 3.07. The zero-order chi connectivity index (χ0) is 15.2. The molecule has 5 heteroatoms. The monoisotopic (exact) mass is 323 g/mol. The fraction of sp³-hybridized carbons (Fsp3) is 0.188. The van der Waals surface area contributed by atoms with Gasteiger partial charge in [0.2, 0.25) is 5.91 Å². The lowest BCUT2D eigenvalue weighted by Crippen LogP contribution is -2.31. The molecule has 0 aromatic heterocycles. The van der Waals surface area contributed by atoms with Crippen molar-refractivity contribution in [2.75, 3.05) is 6.61 Å². The molecule has 2 aromatic carbocycles. The predicted molar refractivity (Wildman–Crippen MR) is 84.6 cm³/mol. The molecule has 0 radical (unpaired) electrons. The van der Waals surface area contributed by atoms with Gasteiger partial charge in [0.15, 0.2) is 0 Å². The largest absolute Gasteiger partial charge is 0.394 e. The van der Waals surface area contributed by atoms with E-state index in [0.29, 0.717) is 10.0 Å². The minimum atomic E-state index is -0.415. The van der Waals surface area contributed by atoms with Crippen LogP contribution >= 0.6 is 23.2 Å². The maximum Gasteiger partial charge on any atom is 0.224 e. The highest BCUT2D eigenvalue weighted by molar-refractivity contribution is 6.42. The second-order valence-electron chi connectivity index (χ2n) is 4.64. The number of aliphatic hydroxyl groups excluding tert-OH is 1. The van der Waals surface area contributed by atoms with E-state index in [0.717, 1.165) is 11.1 Å². The van der Waals surface area contributed by atoms with Crippen molar-refractivity contribution in [1.29, 1.82) is 0 Å². The fourth-order valence-corrected chi connectivity index (χ4v) is 2.32. The Kier molecular flexibility index (Phi) is 5.62. The van der Waals surface area contributed by atoms with Gasteiger partial charge in [-0.3, -0.25) is 4.79 Å². The molecule has 0 unspecified atom stereocenters. The molecule has 0 saturated heterocycles. The number of benzene rings is 2. The van der Waals surface area contributed by atoms with Crippen LogP contribution in [-0.2, 0) is 11.2 Å². The van der Waals surface area contributed by atoms with Crippen molar-refractivity contribution >= 4 is 29.1 Å². The number of halogens is 2. The highest BCUT2D eigenvalue weighted by Crippen LogP contribution is 2.23. The van der Waals surface area contributed by atoms with Crippen LogP contribution in [0.4, 0.5) is 0 Å². The summed E-state index contributed by atoms with van der Waals surface area (Å²) in [6.45, 7) is -0.156. The number of carbonyl (C=O) groups is 1. The first-order chi connectivity index (χ1) is 10.1. The van der Waals surface area contributed by atoms with Crippen LogP contribution in [0.1, 0.15) is 17.2 Å². The molecule has 0 aliphatic carbocycles. The Balaban J connectivity index is 2.01. The molecular formula is C16H15Cl2NO2. The van der Waals surface area contributed by atoms with E-state index in [1.807, 2.05) is 30.3 Å². The van der Waals surface area contributed by atoms with Gasteiger partial charge in [0, 0.05) is 0 Å². The van der Waals surface area contributed by atoms with Crippen LogP contribution < -0.4 is 5.32 Å². The zero-order valence-electron chi connectivity index (χ0n) is 11.2. The van der Waals surface area contributed by atoms with Gasteiger partial charge in [0.1, 0.15) is 0 Å². The smallest absolute Gasteiger partial charge is 0.224 e. The number of rotatable bonds is 5. The molecule has 110 valence electrons. The van der Waals surface area contributed by atoms with E-state index in [2.05, 4.69) is 5.32 Å². The van der Waals surface area contributed by atoms with Gasteiger partial charge < -0.3 is 10.4 Å². The normalized spacial score (nSPS) is 12.0. The minimum absolute atomic E-state index is 0.156. The van der Waals surface area contributed by atoms with E-state index in [4.69, 9.17) is 23.2 Å². The van der Waals surface area contributed by atoms with Gasteiger partial charge in [0.25, 0.3) is 0 Å². The third-order valence-corrected chi connectivity index (χ3v) is 3.81. The summed E-state index contributed by atoms with van der Waals surface area (Å²) in [5, 5.41) is 13.1. The number of amides is 1. The third kappa shape index (κ3) is 4.46. The number of nitrogens with one attached hydrogen (secondary N) is 1. The van der Waals surface area contributed by atoms with Gasteiger partial charge in [-0.05, 0) is 23.3 Å². The van der Waals surface area contributed by atoms with Gasteiger partial charge in [-0.25, -0.2) is 0 Å². The van der Waals surface area contributed by atoms with Crippen molar-refractivity contribution in [3.05, 3.63) is 69.7 Å². The van der Waals surface area contributed by atoms with Crippen molar-refractivity contribution in [2.45, 2.75) is 12.5 Å². The number of carbonyl (C=O) groups excluding carboxylic acids is 1. The van der Waals surface area contributed by atoms with E-state index in [1.165, 1.54) is 0 Å². The molecule has 2 aromatic rings. The van der Waals surface area contributed by atoms with Gasteiger partial charge in [-0.15, -0.1) is 0 Å². The first-order valence-electron chi connectivity index (χ1n) is 6.49. The molecule has 0 aliphatic rings. The van der Waals surface area contributed by atoms with Crippen LogP contribution in [0.5, 0.6) is 0 Å². The molecular weight excluding hydrogens is 309 g/mol. The maximum atomic E-state index is 12.1. The van der Waals surface area contributed by atoms with Crippen LogP contribution in [0, 0.1) is 0 Å². The second kappa shape index (κ2) is 7.46. The first-order valence-corrected chi connectivity index (χ1v) is 7.25. The number of hydrogen-bond acceptors (Lipinski definition) is 2. The van der Waals surface area contributed by atoms with Gasteiger partial charge >= 0.3 is 0 Å². The van der Waals surface area contributed by atoms with Crippen LogP contribution in [-0.4, -0.2) is 17.6 Å². The standard InChI is InChI=1S/C16H15Cl2NO2/c17-13-7-6-11(8-14(13)18)9-16(21)19-15(10-20)12-4-2-1-3-5-12/h1-8,15,20H,9-10H2,(H,19,21)/t15-/m0/s1. The zero-order valence-corrected chi connectivity index (χ0v) is 12.7. The summed E-state index contributed by atoms with van der Waals surface area (Å²) in [5.74, 6) is -0.184. The average Bonchev–Trinajstić information content (AvgIpc) is 2.49. The lowest BCUT2D eigenvalue weighted by Gasteiger charge is -2.16. The summed E-state index contributed by atoms with van der Waals surface area (Å²) in [5.41, 5.74) is 1.63. The maximum absolute atomic E-state index is 12.1. The summed E-state index contributed by atoms with van der Waals surface area (Å²) >= 11 is 11.8. The Hall–Kier alpha value is -1.55. The topological polar surface area (TPSA) is 49.3 Å². The molecule has 2 rings (SSSR count). The lowest BCUT2D eigenvalue weighted by atomic mass is 10.1. The molecule has 2 N–H and O–H groups in total. The Bertz CT molecular complexity index is 617. The summed E-state index contributed by atoms with van der Waals surface area (Å²) in [6.07, 6.45) is 0.181. The highest BCUT2D eigenvalue weighted by atomic mass is 35.5. The number of hydrogen-bond donors (Lipinski definition) is 2. The minimum Gasteiger partial charge on any atom is -0.394 e. The molecule has 0 saturated carbocycles. The molecule has 0 bridgehead atoms. The molecule has 1 amide bonds. The Morgan fingerprint density at radius 2 is 1.81 bits per heavy atom. The fourth-order valence-electron chi connectivity index (χ4n) is 2.00. The summed E-state index contributed by atoms with van der Waals surface area (Å²) in [6, 6.07) is 14.0. The van der Waals surface area contributed by atoms with Crippen molar-refractivity contribution in [2.24, 2.45) is 0 Å². The van der Waals surface area contributed by atoms with Crippen LogP contribution in [0.3, 0.4) is 0 Å². The SMILES string of the molecule is O=C(Cc1ccc(Cl)c(Cl)c1)N[C@@H](CO)c1ccccc1. The molecule has 0 fully saturated rings. The molecule has 0 aliphatic heterocycles. The lowest BCUT2D eigenvalue weighted by molar-refractivity contribution is -0.121. The van der Waals surface area contributed by atoms with Gasteiger partial charge in [-0.2, -0.15) is 0 Å². The van der Waals surface area contributed by atoms with E-state index in [1.54, 1.807) is 18.2 Å². The van der Waals surface area contributed by atoms with E-state index < -0.39 is 6.04 Å². The molecule has 0 heterocycles. The second-order valence-corrected chi connectivity index (χ2v) is 5.45. The van der Waals surface area contributed by atoms with E-state index >= 15 is 0 Å². The van der Waals surface area contributed by atoms with Crippen molar-refractivity contribution in [3.8, 4) is 0 Å². The summed E-state index contributed by atoms with van der Waals surface area (Å²) < 4.78 is 0. The first kappa shape index (κ1) is 15.8. The molecule has 21 heavy (non-hydrogen) atoms. The van der Waals surface area contributed by atoms with Crippen molar-refractivity contribution in [1.82, 2.24) is 5.32 Å². The predicted octanol–water partition coefficient (Wildman–Crippen LogP) is 3.39. The molecule has 1 atom stereocenters. The van der Waals surface area contributed by atoms with Gasteiger partial charge in [0.05, 0.1) is 29.1 Å². The molecule has 0 spiro atoms. The Morgan fingerprint density at radius 1 is 1.10 bits per heavy atom. The molecule has 3 nitrogen and oxygen atoms in total. The average molecular weight is 324 g/mol. The number of aliphatic hydroxyl groups is 1. The summed E-state index contributed by atoms with van der Waals surface area (Å²) in [7, 11) is 0. The van der Waals surface area contributed by atoms with E-state index in [-0.39, 0.29) is 18.9 Å². The summed E-state index contributed by atoms with van der Waals surface area (Å²) in [4.78, 5) is 12.1. The Morgan fingerprint density at radius 3 is 2.43 bits per heavy atom. The van der Waals surface area contributed by atoms with Crippen LogP contribution in [0.25, 0.3) is 0 Å². The van der Waals surface area contributed by atoms with Crippen LogP contribution in [0.2, 0.25) is 10.0 Å². The van der Waals surface area contributed by atoms with Gasteiger partial charge in [-0.1, -0.05) is 59.6 Å². The van der Waals surface area contributed by atoms with E-state index in [9.17, 15) is 9.90 Å².